The fourth-order valence-electron chi connectivity index (χ4n) is 4.05. The summed E-state index contributed by atoms with van der Waals surface area (Å²) in [5, 5.41) is 20.1. The van der Waals surface area contributed by atoms with E-state index < -0.39 is 6.04 Å². The van der Waals surface area contributed by atoms with Gasteiger partial charge in [-0.05, 0) is 55.8 Å². The number of amides is 1. The molecule has 0 aliphatic carbocycles. The molecule has 10 heteroatoms. The minimum Gasteiger partial charge on any atom is -0.497 e. The summed E-state index contributed by atoms with van der Waals surface area (Å²) in [6, 6.07) is 11.9. The molecule has 0 fully saturated rings. The van der Waals surface area contributed by atoms with Crippen molar-refractivity contribution in [1.29, 1.82) is 0 Å². The van der Waals surface area contributed by atoms with Crippen LogP contribution in [-0.4, -0.2) is 53.7 Å². The van der Waals surface area contributed by atoms with Crippen LogP contribution in [0.4, 0.5) is 11.6 Å². The maximum absolute atomic E-state index is 13.7. The van der Waals surface area contributed by atoms with Crippen LogP contribution in [0.5, 0.6) is 17.2 Å². The third kappa shape index (κ3) is 4.92. The number of fused-ring (bicyclic) bond motifs is 1. The van der Waals surface area contributed by atoms with Crippen LogP contribution in [0.1, 0.15) is 30.8 Å². The number of nitrogens with zero attached hydrogens (tertiary/aromatic N) is 3. The second-order valence-corrected chi connectivity index (χ2v) is 7.98. The summed E-state index contributed by atoms with van der Waals surface area (Å²) < 4.78 is 18.0. The number of carbonyl (C=O) groups excluding carboxylic acids is 1. The average molecular weight is 480 g/mol. The Balaban J connectivity index is 1.80. The van der Waals surface area contributed by atoms with Gasteiger partial charge < -0.3 is 30.0 Å². The maximum atomic E-state index is 13.7. The molecule has 0 radical (unpaired) electrons. The second-order valence-electron chi connectivity index (χ2n) is 7.98. The van der Waals surface area contributed by atoms with Crippen molar-refractivity contribution in [2.75, 3.05) is 38.6 Å². The summed E-state index contributed by atoms with van der Waals surface area (Å²) in [6.45, 7) is 1.87. The number of carbonyl (C=O) groups is 1. The van der Waals surface area contributed by atoms with Gasteiger partial charge in [0.2, 0.25) is 5.95 Å². The van der Waals surface area contributed by atoms with Crippen molar-refractivity contribution in [3.63, 3.8) is 0 Å². The van der Waals surface area contributed by atoms with E-state index >= 15 is 0 Å². The number of allylic oxidation sites excluding steroid dienone is 1. The normalized spacial score (nSPS) is 14.7. The van der Waals surface area contributed by atoms with Gasteiger partial charge in [-0.15, -0.1) is 0 Å². The van der Waals surface area contributed by atoms with E-state index in [9.17, 15) is 9.90 Å². The Morgan fingerprint density at radius 2 is 1.80 bits per heavy atom. The molecule has 35 heavy (non-hydrogen) atoms. The number of methoxy groups -OCH3 is 3. The van der Waals surface area contributed by atoms with E-state index in [1.807, 2.05) is 13.0 Å². The van der Waals surface area contributed by atoms with Gasteiger partial charge in [0.15, 0.2) is 5.82 Å². The molecule has 0 saturated heterocycles. The largest absolute Gasteiger partial charge is 0.497 e. The Labute approximate surface area is 203 Å². The van der Waals surface area contributed by atoms with Crippen LogP contribution in [0.2, 0.25) is 0 Å². The highest BCUT2D eigenvalue weighted by Crippen LogP contribution is 2.41. The number of aliphatic hydroxyl groups excluding tert-OH is 1. The van der Waals surface area contributed by atoms with E-state index in [1.165, 1.54) is 0 Å². The van der Waals surface area contributed by atoms with Crippen molar-refractivity contribution < 1.29 is 24.1 Å². The zero-order valence-electron chi connectivity index (χ0n) is 20.2. The zero-order valence-corrected chi connectivity index (χ0v) is 20.2. The van der Waals surface area contributed by atoms with Crippen molar-refractivity contribution in [3.8, 4) is 17.2 Å². The fraction of sp³-hybridized carbons (Fsp3) is 0.320. The molecule has 0 spiro atoms. The molecule has 184 valence electrons. The number of benzene rings is 2. The van der Waals surface area contributed by atoms with E-state index in [0.29, 0.717) is 64.4 Å². The fourth-order valence-corrected chi connectivity index (χ4v) is 4.05. The van der Waals surface area contributed by atoms with Gasteiger partial charge in [0.25, 0.3) is 5.91 Å². The van der Waals surface area contributed by atoms with Crippen LogP contribution in [0.25, 0.3) is 0 Å². The third-order valence-electron chi connectivity index (χ3n) is 5.78. The van der Waals surface area contributed by atoms with Crippen molar-refractivity contribution in [1.82, 2.24) is 14.8 Å². The lowest BCUT2D eigenvalue weighted by molar-refractivity contribution is -0.113. The number of hydrogen-bond donors (Lipinski definition) is 3. The highest BCUT2D eigenvalue weighted by atomic mass is 16.5. The van der Waals surface area contributed by atoms with E-state index in [1.54, 1.807) is 62.4 Å². The minimum atomic E-state index is -0.634. The van der Waals surface area contributed by atoms with Gasteiger partial charge in [-0.25, -0.2) is 4.68 Å². The van der Waals surface area contributed by atoms with Crippen LogP contribution < -0.4 is 24.8 Å². The maximum Gasteiger partial charge on any atom is 0.255 e. The van der Waals surface area contributed by atoms with Crippen molar-refractivity contribution >= 4 is 17.5 Å². The zero-order chi connectivity index (χ0) is 24.9. The first kappa shape index (κ1) is 24.1. The number of aryl methyl sites for hydroxylation is 1. The molecule has 0 bridgehead atoms. The first-order chi connectivity index (χ1) is 17.0. The second kappa shape index (κ2) is 10.5. The predicted molar refractivity (Wildman–Crippen MR) is 131 cm³/mol. The summed E-state index contributed by atoms with van der Waals surface area (Å²) in [7, 11) is 4.75. The molecule has 2 heterocycles. The number of aliphatic hydroxyl groups is 1. The molecule has 2 aromatic carbocycles. The third-order valence-corrected chi connectivity index (χ3v) is 5.78. The van der Waals surface area contributed by atoms with Crippen molar-refractivity contribution in [2.24, 2.45) is 0 Å². The molecule has 1 aliphatic rings. The SMILES string of the molecule is COc1ccc(NC(=O)C2=C(C)Nc3nc(CCCO)nn3C2c2cc(OC)ccc2OC)cc1. The molecule has 4 rings (SSSR count). The lowest BCUT2D eigenvalue weighted by Crippen LogP contribution is -2.31. The summed E-state index contributed by atoms with van der Waals surface area (Å²) in [5.74, 6) is 2.67. The molecule has 3 aromatic rings. The molecule has 1 atom stereocenters. The van der Waals surface area contributed by atoms with Crippen LogP contribution in [0.3, 0.4) is 0 Å². The number of ether oxygens (including phenoxy) is 3. The number of rotatable bonds is 9. The minimum absolute atomic E-state index is 0.0389. The molecule has 1 amide bonds. The van der Waals surface area contributed by atoms with Crippen molar-refractivity contribution in [2.45, 2.75) is 25.8 Å². The van der Waals surface area contributed by atoms with Gasteiger partial charge in [-0.2, -0.15) is 10.1 Å². The lowest BCUT2D eigenvalue weighted by atomic mass is 9.94. The van der Waals surface area contributed by atoms with Crippen LogP contribution >= 0.6 is 0 Å². The highest BCUT2D eigenvalue weighted by molar-refractivity contribution is 6.06. The summed E-state index contributed by atoms with van der Waals surface area (Å²) in [6.07, 6.45) is 1.04. The smallest absolute Gasteiger partial charge is 0.255 e. The number of anilines is 2. The molecule has 3 N–H and O–H groups in total. The predicted octanol–water partition coefficient (Wildman–Crippen LogP) is 3.16. The molecule has 1 aromatic heterocycles. The van der Waals surface area contributed by atoms with Gasteiger partial charge in [0, 0.05) is 30.0 Å². The van der Waals surface area contributed by atoms with E-state index in [4.69, 9.17) is 14.2 Å². The van der Waals surface area contributed by atoms with Crippen molar-refractivity contribution in [3.05, 3.63) is 65.1 Å². The summed E-state index contributed by atoms with van der Waals surface area (Å²) in [4.78, 5) is 18.2. The highest BCUT2D eigenvalue weighted by Gasteiger charge is 2.36. The van der Waals surface area contributed by atoms with Gasteiger partial charge in [0.1, 0.15) is 23.3 Å². The topological polar surface area (TPSA) is 120 Å². The Kier molecular flexibility index (Phi) is 7.21. The number of aromatic nitrogens is 3. The Morgan fingerprint density at radius 3 is 2.46 bits per heavy atom. The van der Waals surface area contributed by atoms with Crippen LogP contribution in [0, 0.1) is 0 Å². The molecular weight excluding hydrogens is 450 g/mol. The van der Waals surface area contributed by atoms with Gasteiger partial charge in [-0.1, -0.05) is 0 Å². The molecule has 10 nitrogen and oxygen atoms in total. The summed E-state index contributed by atoms with van der Waals surface area (Å²) in [5.41, 5.74) is 2.42. The summed E-state index contributed by atoms with van der Waals surface area (Å²) >= 11 is 0. The Hall–Kier alpha value is -4.05. The number of hydrogen-bond acceptors (Lipinski definition) is 8. The molecule has 1 aliphatic heterocycles. The van der Waals surface area contributed by atoms with Crippen LogP contribution in [-0.2, 0) is 11.2 Å². The van der Waals surface area contributed by atoms with Gasteiger partial charge in [0.05, 0.1) is 26.9 Å². The standard InChI is InChI=1S/C25H29N5O5/c1-15-22(24(32)27-16-7-9-17(33-2)10-8-16)23(19-14-18(34-3)11-12-20(19)35-4)30-25(26-15)28-21(29-30)6-5-13-31/h7-12,14,23,31H,5-6,13H2,1-4H3,(H,27,32)(H,26,28,29). The van der Waals surface area contributed by atoms with E-state index in [2.05, 4.69) is 20.7 Å². The quantitative estimate of drug-likeness (QED) is 0.428. The molecule has 1 unspecified atom stereocenters. The monoisotopic (exact) mass is 479 g/mol. The first-order valence-electron chi connectivity index (χ1n) is 11.2. The Bertz CT molecular complexity index is 1240. The van der Waals surface area contributed by atoms with Crippen LogP contribution in [0.15, 0.2) is 53.7 Å². The molecular formula is C25H29N5O5. The van der Waals surface area contributed by atoms with Gasteiger partial charge >= 0.3 is 0 Å². The lowest BCUT2D eigenvalue weighted by Gasteiger charge is -2.29. The van der Waals surface area contributed by atoms with E-state index in [-0.39, 0.29) is 12.5 Å². The van der Waals surface area contributed by atoms with E-state index in [0.717, 1.165) is 0 Å². The van der Waals surface area contributed by atoms with Gasteiger partial charge in [-0.3, -0.25) is 4.79 Å². The molecule has 0 saturated carbocycles. The average Bonchev–Trinajstić information content (AvgIpc) is 3.28. The first-order valence-corrected chi connectivity index (χ1v) is 11.2. The number of nitrogens with one attached hydrogen (secondary N) is 2. The Morgan fingerprint density at radius 1 is 1.09 bits per heavy atom.